The molecule has 23 heavy (non-hydrogen) atoms. The first-order valence-corrected chi connectivity index (χ1v) is 7.91. The van der Waals surface area contributed by atoms with E-state index in [1.807, 2.05) is 24.3 Å². The van der Waals surface area contributed by atoms with Crippen LogP contribution in [0.1, 0.15) is 12.5 Å². The maximum absolute atomic E-state index is 13.9. The first-order valence-electron chi connectivity index (χ1n) is 7.12. The predicted molar refractivity (Wildman–Crippen MR) is 84.2 cm³/mol. The van der Waals surface area contributed by atoms with Gasteiger partial charge in [-0.1, -0.05) is 15.9 Å². The van der Waals surface area contributed by atoms with Crippen LogP contribution in [-0.2, 0) is 15.3 Å². The quantitative estimate of drug-likeness (QED) is 0.781. The maximum atomic E-state index is 13.9. The van der Waals surface area contributed by atoms with E-state index in [0.717, 1.165) is 10.5 Å². The summed E-state index contributed by atoms with van der Waals surface area (Å²) in [5.74, 6) is -1.87. The highest BCUT2D eigenvalue weighted by Gasteiger charge is 2.41. The Morgan fingerprint density at radius 1 is 1.22 bits per heavy atom. The first-order chi connectivity index (χ1) is 11.0. The molecule has 1 aliphatic rings. The van der Waals surface area contributed by atoms with Crippen LogP contribution in [0, 0.1) is 11.6 Å². The van der Waals surface area contributed by atoms with E-state index >= 15 is 0 Å². The molecule has 1 saturated heterocycles. The zero-order chi connectivity index (χ0) is 16.4. The fourth-order valence-corrected chi connectivity index (χ4v) is 2.70. The highest BCUT2D eigenvalue weighted by molar-refractivity contribution is 9.10. The van der Waals surface area contributed by atoms with E-state index in [2.05, 4.69) is 15.9 Å². The zero-order valence-corrected chi connectivity index (χ0v) is 14.0. The largest absolute Gasteiger partial charge is 0.491 e. The lowest BCUT2D eigenvalue weighted by molar-refractivity contribution is -0.166. The molecule has 0 aliphatic carbocycles. The Labute approximate surface area is 141 Å². The van der Waals surface area contributed by atoms with Crippen LogP contribution >= 0.6 is 15.9 Å². The maximum Gasteiger partial charge on any atom is 0.195 e. The second-order valence-corrected chi connectivity index (χ2v) is 6.30. The number of hydrogen-bond donors (Lipinski definition) is 0. The Morgan fingerprint density at radius 3 is 2.65 bits per heavy atom. The van der Waals surface area contributed by atoms with E-state index in [0.29, 0.717) is 5.75 Å². The van der Waals surface area contributed by atoms with Gasteiger partial charge in [-0.05, 0) is 43.3 Å². The van der Waals surface area contributed by atoms with E-state index in [1.165, 1.54) is 12.1 Å². The number of benzene rings is 2. The lowest BCUT2D eigenvalue weighted by Gasteiger charge is -2.24. The van der Waals surface area contributed by atoms with Gasteiger partial charge in [0, 0.05) is 16.1 Å². The van der Waals surface area contributed by atoms with Gasteiger partial charge in [-0.2, -0.15) is 0 Å². The Kier molecular flexibility index (Phi) is 4.66. The van der Waals surface area contributed by atoms with Gasteiger partial charge in [-0.3, -0.25) is 0 Å². The molecule has 1 fully saturated rings. The summed E-state index contributed by atoms with van der Waals surface area (Å²) in [6.07, 6.45) is -0.340. The third kappa shape index (κ3) is 3.71. The van der Waals surface area contributed by atoms with Crippen LogP contribution in [0.5, 0.6) is 5.75 Å². The van der Waals surface area contributed by atoms with Crippen molar-refractivity contribution in [2.45, 2.75) is 18.8 Å². The van der Waals surface area contributed by atoms with Crippen molar-refractivity contribution >= 4 is 15.9 Å². The molecular formula is C17H15BrF2O3. The Hall–Kier alpha value is -1.50. The standard InChI is InChI=1S/C17H15BrF2O3/c1-17(15-7-4-12(19)8-16(15)20)22-10-14(23-17)9-21-13-5-2-11(18)3-6-13/h2-8,14H,9-10H2,1H3/t14-,17+/m1/s1. The number of rotatable bonds is 4. The van der Waals surface area contributed by atoms with Crippen LogP contribution in [0.15, 0.2) is 46.9 Å². The normalized spacial score (nSPS) is 23.9. The molecule has 0 amide bonds. The van der Waals surface area contributed by atoms with Crippen LogP contribution in [0.2, 0.25) is 0 Å². The summed E-state index contributed by atoms with van der Waals surface area (Å²) in [6, 6.07) is 10.7. The third-order valence-corrected chi connectivity index (χ3v) is 4.13. The minimum Gasteiger partial charge on any atom is -0.491 e. The fraction of sp³-hybridized carbons (Fsp3) is 0.294. The molecule has 0 spiro atoms. The lowest BCUT2D eigenvalue weighted by Crippen LogP contribution is -2.27. The second kappa shape index (κ2) is 6.55. The van der Waals surface area contributed by atoms with Crippen molar-refractivity contribution in [1.82, 2.24) is 0 Å². The van der Waals surface area contributed by atoms with E-state index in [4.69, 9.17) is 14.2 Å². The summed E-state index contributed by atoms with van der Waals surface area (Å²) < 4.78 is 44.9. The van der Waals surface area contributed by atoms with Gasteiger partial charge in [0.05, 0.1) is 6.61 Å². The monoisotopic (exact) mass is 384 g/mol. The molecular weight excluding hydrogens is 370 g/mol. The molecule has 0 radical (unpaired) electrons. The van der Waals surface area contributed by atoms with Gasteiger partial charge in [0.25, 0.3) is 0 Å². The number of ether oxygens (including phenoxy) is 3. The molecule has 0 aromatic heterocycles. The number of halogens is 3. The highest BCUT2D eigenvalue weighted by Crippen LogP contribution is 2.35. The highest BCUT2D eigenvalue weighted by atomic mass is 79.9. The molecule has 2 aromatic rings. The van der Waals surface area contributed by atoms with Crippen molar-refractivity contribution < 1.29 is 23.0 Å². The Balaban J connectivity index is 1.64. The minimum atomic E-state index is -1.24. The summed E-state index contributed by atoms with van der Waals surface area (Å²) in [7, 11) is 0. The van der Waals surface area contributed by atoms with E-state index < -0.39 is 17.4 Å². The molecule has 6 heteroatoms. The Bertz CT molecular complexity index is 693. The van der Waals surface area contributed by atoms with Crippen molar-refractivity contribution in [2.75, 3.05) is 13.2 Å². The average molecular weight is 385 g/mol. The van der Waals surface area contributed by atoms with E-state index in [9.17, 15) is 8.78 Å². The third-order valence-electron chi connectivity index (χ3n) is 3.61. The second-order valence-electron chi connectivity index (χ2n) is 5.39. The minimum absolute atomic E-state index is 0.171. The van der Waals surface area contributed by atoms with Gasteiger partial charge in [-0.25, -0.2) is 8.78 Å². The molecule has 2 aromatic carbocycles. The summed E-state index contributed by atoms with van der Waals surface area (Å²) in [5.41, 5.74) is 0.171. The number of hydrogen-bond acceptors (Lipinski definition) is 3. The smallest absolute Gasteiger partial charge is 0.195 e. The zero-order valence-electron chi connectivity index (χ0n) is 12.4. The Morgan fingerprint density at radius 2 is 1.96 bits per heavy atom. The molecule has 3 rings (SSSR count). The summed E-state index contributed by atoms with van der Waals surface area (Å²) in [4.78, 5) is 0. The fourth-order valence-electron chi connectivity index (χ4n) is 2.44. The topological polar surface area (TPSA) is 27.7 Å². The molecule has 0 saturated carbocycles. The van der Waals surface area contributed by atoms with Crippen molar-refractivity contribution in [3.63, 3.8) is 0 Å². The van der Waals surface area contributed by atoms with Gasteiger partial charge in [0.2, 0.25) is 0 Å². The van der Waals surface area contributed by atoms with Crippen LogP contribution in [0.3, 0.4) is 0 Å². The van der Waals surface area contributed by atoms with E-state index in [-0.39, 0.29) is 24.9 Å². The van der Waals surface area contributed by atoms with Crippen LogP contribution in [-0.4, -0.2) is 19.3 Å². The van der Waals surface area contributed by atoms with Gasteiger partial charge >= 0.3 is 0 Å². The molecule has 0 N–H and O–H groups in total. The van der Waals surface area contributed by atoms with Gasteiger partial charge < -0.3 is 14.2 Å². The van der Waals surface area contributed by atoms with Crippen molar-refractivity contribution in [3.05, 3.63) is 64.1 Å². The molecule has 122 valence electrons. The van der Waals surface area contributed by atoms with Gasteiger partial charge in [0.15, 0.2) is 5.79 Å². The van der Waals surface area contributed by atoms with Crippen molar-refractivity contribution in [1.29, 1.82) is 0 Å². The van der Waals surface area contributed by atoms with E-state index in [1.54, 1.807) is 6.92 Å². The van der Waals surface area contributed by atoms with Crippen LogP contribution in [0.25, 0.3) is 0 Å². The summed E-state index contributed by atoms with van der Waals surface area (Å²) in [6.45, 7) is 2.16. The molecule has 0 bridgehead atoms. The molecule has 1 aliphatic heterocycles. The lowest BCUT2D eigenvalue weighted by atomic mass is 10.1. The van der Waals surface area contributed by atoms with Crippen LogP contribution < -0.4 is 4.74 Å². The van der Waals surface area contributed by atoms with Crippen molar-refractivity contribution in [2.24, 2.45) is 0 Å². The predicted octanol–water partition coefficient (Wildman–Crippen LogP) is 4.39. The molecule has 3 nitrogen and oxygen atoms in total. The first kappa shape index (κ1) is 16.4. The molecule has 2 atom stereocenters. The van der Waals surface area contributed by atoms with Crippen LogP contribution in [0.4, 0.5) is 8.78 Å². The summed E-state index contributed by atoms with van der Waals surface area (Å²) in [5, 5.41) is 0. The SMILES string of the molecule is C[C@]1(c2ccc(F)cc2F)OC[C@@H](COc2ccc(Br)cc2)O1. The van der Waals surface area contributed by atoms with Gasteiger partial charge in [-0.15, -0.1) is 0 Å². The molecule has 1 heterocycles. The van der Waals surface area contributed by atoms with Crippen molar-refractivity contribution in [3.8, 4) is 5.75 Å². The average Bonchev–Trinajstić information content (AvgIpc) is 2.89. The van der Waals surface area contributed by atoms with Gasteiger partial charge in [0.1, 0.15) is 30.1 Å². The molecule has 0 unspecified atom stereocenters. The summed E-state index contributed by atoms with van der Waals surface area (Å²) >= 11 is 3.35.